The van der Waals surface area contributed by atoms with E-state index < -0.39 is 6.08 Å². The Kier molecular flexibility index (Phi) is 6.84. The molecular formula is C17H26F2O2. The molecule has 0 spiro atoms. The first-order chi connectivity index (χ1) is 10.2. The highest BCUT2D eigenvalue weighted by atomic mass is 19.3. The molecule has 2 aliphatic rings. The molecular weight excluding hydrogens is 274 g/mol. The van der Waals surface area contributed by atoms with Crippen LogP contribution < -0.4 is 0 Å². The van der Waals surface area contributed by atoms with Crippen LogP contribution in [0, 0.1) is 17.8 Å². The Bertz CT molecular complexity index is 348. The fraction of sp³-hybridized carbons (Fsp3) is 0.765. The van der Waals surface area contributed by atoms with Gasteiger partial charge in [0.1, 0.15) is 0 Å². The minimum Gasteiger partial charge on any atom is -0.352 e. The van der Waals surface area contributed by atoms with Gasteiger partial charge in [-0.25, -0.2) is 0 Å². The lowest BCUT2D eigenvalue weighted by Gasteiger charge is -2.37. The summed E-state index contributed by atoms with van der Waals surface area (Å²) >= 11 is 0. The highest BCUT2D eigenvalue weighted by Gasteiger charge is 2.31. The van der Waals surface area contributed by atoms with Crippen LogP contribution in [0.25, 0.3) is 0 Å². The minimum atomic E-state index is -1.54. The van der Waals surface area contributed by atoms with Crippen molar-refractivity contribution < 1.29 is 18.3 Å². The molecule has 0 radical (unpaired) electrons. The summed E-state index contributed by atoms with van der Waals surface area (Å²) in [6.45, 7) is 3.52. The van der Waals surface area contributed by atoms with E-state index in [0.29, 0.717) is 11.8 Å². The summed E-state index contributed by atoms with van der Waals surface area (Å²) in [5.74, 6) is 1.06. The van der Waals surface area contributed by atoms with Crippen LogP contribution in [-0.2, 0) is 9.47 Å². The molecule has 1 aliphatic heterocycles. The molecule has 1 saturated heterocycles. The van der Waals surface area contributed by atoms with Crippen molar-refractivity contribution in [2.45, 2.75) is 51.7 Å². The van der Waals surface area contributed by atoms with Crippen molar-refractivity contribution in [3.63, 3.8) is 0 Å². The number of hydrogen-bond acceptors (Lipinski definition) is 2. The first-order valence-electron chi connectivity index (χ1n) is 8.06. The van der Waals surface area contributed by atoms with Gasteiger partial charge >= 0.3 is 0 Å². The molecule has 1 heterocycles. The quantitative estimate of drug-likeness (QED) is 0.671. The largest absolute Gasteiger partial charge is 0.352 e. The van der Waals surface area contributed by atoms with Crippen molar-refractivity contribution in [2.24, 2.45) is 17.8 Å². The van der Waals surface area contributed by atoms with Crippen molar-refractivity contribution in [1.82, 2.24) is 0 Å². The van der Waals surface area contributed by atoms with Gasteiger partial charge in [-0.2, -0.15) is 8.78 Å². The average molecular weight is 300 g/mol. The molecule has 0 bridgehead atoms. The van der Waals surface area contributed by atoms with Crippen LogP contribution in [-0.4, -0.2) is 19.5 Å². The molecule has 0 aromatic heterocycles. The van der Waals surface area contributed by atoms with Gasteiger partial charge in [-0.15, -0.1) is 0 Å². The van der Waals surface area contributed by atoms with Gasteiger partial charge in [0.15, 0.2) is 6.29 Å². The molecule has 21 heavy (non-hydrogen) atoms. The molecule has 120 valence electrons. The second-order valence-corrected chi connectivity index (χ2v) is 6.13. The molecule has 2 rings (SSSR count). The summed E-state index contributed by atoms with van der Waals surface area (Å²) in [6, 6.07) is 0. The summed E-state index contributed by atoms with van der Waals surface area (Å²) < 4.78 is 36.1. The van der Waals surface area contributed by atoms with Crippen molar-refractivity contribution >= 4 is 0 Å². The lowest BCUT2D eigenvalue weighted by molar-refractivity contribution is -0.211. The van der Waals surface area contributed by atoms with E-state index in [2.05, 4.69) is 6.08 Å². The van der Waals surface area contributed by atoms with Crippen molar-refractivity contribution in [2.75, 3.05) is 13.2 Å². The lowest BCUT2D eigenvalue weighted by atomic mass is 9.76. The molecule has 0 atom stereocenters. The average Bonchev–Trinajstić information content (AvgIpc) is 2.49. The topological polar surface area (TPSA) is 18.5 Å². The summed E-state index contributed by atoms with van der Waals surface area (Å²) in [7, 11) is 0. The van der Waals surface area contributed by atoms with Gasteiger partial charge in [0.25, 0.3) is 6.08 Å². The van der Waals surface area contributed by atoms with Gasteiger partial charge in [-0.1, -0.05) is 12.2 Å². The monoisotopic (exact) mass is 300 g/mol. The Morgan fingerprint density at radius 2 is 1.71 bits per heavy atom. The van der Waals surface area contributed by atoms with Crippen molar-refractivity contribution in [3.8, 4) is 0 Å². The molecule has 4 heteroatoms. The second kappa shape index (κ2) is 8.64. The zero-order valence-corrected chi connectivity index (χ0v) is 12.8. The Morgan fingerprint density at radius 3 is 2.29 bits per heavy atom. The maximum absolute atomic E-state index is 12.3. The summed E-state index contributed by atoms with van der Waals surface area (Å²) in [6.07, 6.45) is 9.32. The first-order valence-corrected chi connectivity index (χ1v) is 8.06. The van der Waals surface area contributed by atoms with Crippen LogP contribution in [0.3, 0.4) is 0 Å². The molecule has 1 aliphatic carbocycles. The number of hydrogen-bond donors (Lipinski definition) is 0. The third-order valence-electron chi connectivity index (χ3n) is 4.64. The van der Waals surface area contributed by atoms with E-state index in [-0.39, 0.29) is 12.2 Å². The predicted molar refractivity (Wildman–Crippen MR) is 79.0 cm³/mol. The molecule has 0 N–H and O–H groups in total. The lowest BCUT2D eigenvalue weighted by Crippen LogP contribution is -2.37. The standard InChI is InChI=1S/C17H26F2O2/c1-2-3-4-5-17-20-11-15(12-21-17)14-8-6-13(7-9-14)10-16(18)19/h2-3,10,13-15,17H,4-9,11-12H2,1H3. The van der Waals surface area contributed by atoms with E-state index >= 15 is 0 Å². The fourth-order valence-corrected chi connectivity index (χ4v) is 3.36. The Morgan fingerprint density at radius 1 is 1.05 bits per heavy atom. The highest BCUT2D eigenvalue weighted by molar-refractivity contribution is 4.92. The minimum absolute atomic E-state index is 0.0604. The summed E-state index contributed by atoms with van der Waals surface area (Å²) in [5, 5.41) is 0. The van der Waals surface area contributed by atoms with Crippen LogP contribution in [0.5, 0.6) is 0 Å². The predicted octanol–water partition coefficient (Wildman–Crippen LogP) is 4.92. The first kappa shape index (κ1) is 16.6. The van der Waals surface area contributed by atoms with Crippen LogP contribution in [0.4, 0.5) is 8.78 Å². The van der Waals surface area contributed by atoms with E-state index in [0.717, 1.165) is 57.8 Å². The van der Waals surface area contributed by atoms with E-state index in [9.17, 15) is 8.78 Å². The second-order valence-electron chi connectivity index (χ2n) is 6.13. The third kappa shape index (κ3) is 5.51. The molecule has 0 aromatic carbocycles. The Balaban J connectivity index is 1.68. The van der Waals surface area contributed by atoms with Crippen molar-refractivity contribution in [3.05, 3.63) is 24.3 Å². The molecule has 0 amide bonds. The number of ether oxygens (including phenoxy) is 2. The van der Waals surface area contributed by atoms with Crippen LogP contribution >= 0.6 is 0 Å². The van der Waals surface area contributed by atoms with Crippen molar-refractivity contribution in [1.29, 1.82) is 0 Å². The van der Waals surface area contributed by atoms with E-state index in [1.165, 1.54) is 0 Å². The summed E-state index contributed by atoms with van der Waals surface area (Å²) in [4.78, 5) is 0. The Labute approximate surface area is 126 Å². The molecule has 2 fully saturated rings. The third-order valence-corrected chi connectivity index (χ3v) is 4.64. The van der Waals surface area contributed by atoms with E-state index in [1.54, 1.807) is 0 Å². The van der Waals surface area contributed by atoms with Gasteiger partial charge in [0.05, 0.1) is 13.2 Å². The van der Waals surface area contributed by atoms with Crippen LogP contribution in [0.15, 0.2) is 24.3 Å². The van der Waals surface area contributed by atoms with Gasteiger partial charge in [0.2, 0.25) is 0 Å². The van der Waals surface area contributed by atoms with Gasteiger partial charge in [-0.3, -0.25) is 0 Å². The SMILES string of the molecule is CC=CCCC1OCC(C2CCC(C=C(F)F)CC2)CO1. The highest BCUT2D eigenvalue weighted by Crippen LogP contribution is 2.36. The molecule has 0 unspecified atom stereocenters. The zero-order valence-electron chi connectivity index (χ0n) is 12.8. The fourth-order valence-electron chi connectivity index (χ4n) is 3.36. The van der Waals surface area contributed by atoms with Gasteiger partial charge in [-0.05, 0) is 56.9 Å². The van der Waals surface area contributed by atoms with E-state index in [4.69, 9.17) is 9.47 Å². The molecule has 0 aromatic rings. The Hall–Kier alpha value is -0.740. The summed E-state index contributed by atoms with van der Waals surface area (Å²) in [5.41, 5.74) is 0. The number of halogens is 2. The molecule has 2 nitrogen and oxygen atoms in total. The maximum Gasteiger partial charge on any atom is 0.266 e. The zero-order chi connectivity index (χ0) is 15.1. The normalized spacial score (nSPS) is 34.0. The number of allylic oxidation sites excluding steroid dienone is 3. The van der Waals surface area contributed by atoms with Gasteiger partial charge in [0, 0.05) is 12.3 Å². The smallest absolute Gasteiger partial charge is 0.266 e. The van der Waals surface area contributed by atoms with Gasteiger partial charge < -0.3 is 9.47 Å². The van der Waals surface area contributed by atoms with Crippen LogP contribution in [0.1, 0.15) is 45.4 Å². The number of rotatable bonds is 5. The van der Waals surface area contributed by atoms with E-state index in [1.807, 2.05) is 13.0 Å². The molecule has 1 saturated carbocycles. The van der Waals surface area contributed by atoms with Crippen LogP contribution in [0.2, 0.25) is 0 Å². The maximum atomic E-state index is 12.3.